The normalized spacial score (nSPS) is 11.8. The topological polar surface area (TPSA) is 46.0 Å². The quantitative estimate of drug-likeness (QED) is 0.736. The second-order valence-corrected chi connectivity index (χ2v) is 4.46. The Hall–Kier alpha value is -2.63. The van der Waals surface area contributed by atoms with Gasteiger partial charge >= 0.3 is 6.18 Å². The molecule has 3 nitrogen and oxygen atoms in total. The van der Waals surface area contributed by atoms with Crippen LogP contribution in [0.3, 0.4) is 0 Å². The van der Waals surface area contributed by atoms with Crippen molar-refractivity contribution in [1.82, 2.24) is 9.97 Å². The van der Waals surface area contributed by atoms with Crippen molar-refractivity contribution in [3.63, 3.8) is 0 Å². The Balaban J connectivity index is 2.22. The van der Waals surface area contributed by atoms with Crippen LogP contribution < -0.4 is 0 Å². The van der Waals surface area contributed by atoms with Gasteiger partial charge in [-0.25, -0.2) is 0 Å². The Morgan fingerprint density at radius 1 is 0.952 bits per heavy atom. The van der Waals surface area contributed by atoms with Crippen LogP contribution in [0.1, 0.15) is 5.56 Å². The van der Waals surface area contributed by atoms with Crippen molar-refractivity contribution >= 4 is 10.9 Å². The van der Waals surface area contributed by atoms with Crippen molar-refractivity contribution in [3.05, 3.63) is 54.4 Å². The van der Waals surface area contributed by atoms with E-state index in [1.807, 2.05) is 0 Å². The van der Waals surface area contributed by atoms with Crippen LogP contribution in [-0.2, 0) is 6.18 Å². The minimum Gasteiger partial charge on any atom is -0.507 e. The SMILES string of the molecule is Oc1ccnc2cc(-c3ncccc3C(F)(F)F)ccc12. The molecule has 0 spiro atoms. The molecule has 3 aromatic rings. The molecule has 0 amide bonds. The average molecular weight is 290 g/mol. The first-order valence-corrected chi connectivity index (χ1v) is 6.07. The summed E-state index contributed by atoms with van der Waals surface area (Å²) in [5.74, 6) is 0.0311. The number of fused-ring (bicyclic) bond motifs is 1. The molecular weight excluding hydrogens is 281 g/mol. The van der Waals surface area contributed by atoms with Crippen molar-refractivity contribution in [2.24, 2.45) is 0 Å². The second-order valence-electron chi connectivity index (χ2n) is 4.46. The van der Waals surface area contributed by atoms with E-state index < -0.39 is 11.7 Å². The van der Waals surface area contributed by atoms with E-state index in [0.29, 0.717) is 16.5 Å². The molecule has 2 heterocycles. The molecule has 3 rings (SSSR count). The van der Waals surface area contributed by atoms with E-state index in [1.165, 1.54) is 42.7 Å². The first-order valence-electron chi connectivity index (χ1n) is 6.07. The van der Waals surface area contributed by atoms with Gasteiger partial charge in [0.15, 0.2) is 0 Å². The number of pyridine rings is 2. The van der Waals surface area contributed by atoms with Crippen LogP contribution in [0.5, 0.6) is 5.75 Å². The smallest absolute Gasteiger partial charge is 0.418 e. The molecule has 2 aromatic heterocycles. The lowest BCUT2D eigenvalue weighted by Crippen LogP contribution is -2.08. The van der Waals surface area contributed by atoms with Gasteiger partial charge in [-0.2, -0.15) is 13.2 Å². The van der Waals surface area contributed by atoms with Crippen LogP contribution in [0.4, 0.5) is 13.2 Å². The Labute approximate surface area is 117 Å². The zero-order valence-electron chi connectivity index (χ0n) is 10.6. The summed E-state index contributed by atoms with van der Waals surface area (Å²) in [6, 6.07) is 8.15. The van der Waals surface area contributed by atoms with Crippen LogP contribution >= 0.6 is 0 Å². The third-order valence-corrected chi connectivity index (χ3v) is 3.11. The molecule has 0 unspecified atom stereocenters. The van der Waals surface area contributed by atoms with Gasteiger partial charge in [0.05, 0.1) is 16.8 Å². The highest BCUT2D eigenvalue weighted by Crippen LogP contribution is 2.36. The van der Waals surface area contributed by atoms with E-state index in [0.717, 1.165) is 6.07 Å². The zero-order valence-corrected chi connectivity index (χ0v) is 10.6. The summed E-state index contributed by atoms with van der Waals surface area (Å²) in [5.41, 5.74) is -0.249. The molecule has 0 aliphatic heterocycles. The van der Waals surface area contributed by atoms with Gasteiger partial charge in [-0.3, -0.25) is 9.97 Å². The van der Waals surface area contributed by atoms with Crippen molar-refractivity contribution in [1.29, 1.82) is 0 Å². The molecule has 0 fully saturated rings. The zero-order chi connectivity index (χ0) is 15.0. The Morgan fingerprint density at radius 3 is 2.52 bits per heavy atom. The van der Waals surface area contributed by atoms with E-state index in [-0.39, 0.29) is 11.4 Å². The number of nitrogens with zero attached hydrogens (tertiary/aromatic N) is 2. The number of benzene rings is 1. The first kappa shape index (κ1) is 13.4. The Kier molecular flexibility index (Phi) is 3.01. The maximum Gasteiger partial charge on any atom is 0.418 e. The highest BCUT2D eigenvalue weighted by molar-refractivity contribution is 5.88. The van der Waals surface area contributed by atoms with Gasteiger partial charge in [-0.1, -0.05) is 6.07 Å². The van der Waals surface area contributed by atoms with Gasteiger partial charge in [-0.05, 0) is 30.3 Å². The lowest BCUT2D eigenvalue weighted by molar-refractivity contribution is -0.137. The van der Waals surface area contributed by atoms with Gasteiger partial charge in [-0.15, -0.1) is 0 Å². The molecule has 21 heavy (non-hydrogen) atoms. The number of hydrogen-bond acceptors (Lipinski definition) is 3. The van der Waals surface area contributed by atoms with Crippen LogP contribution in [0.15, 0.2) is 48.8 Å². The lowest BCUT2D eigenvalue weighted by atomic mass is 10.0. The number of rotatable bonds is 1. The predicted octanol–water partition coefficient (Wildman–Crippen LogP) is 4.02. The first-order chi connectivity index (χ1) is 9.97. The minimum absolute atomic E-state index is 0.0311. The number of aromatic hydroxyl groups is 1. The summed E-state index contributed by atoms with van der Waals surface area (Å²) >= 11 is 0. The minimum atomic E-state index is -4.48. The van der Waals surface area contributed by atoms with Crippen LogP contribution in [0, 0.1) is 0 Å². The molecule has 1 N–H and O–H groups in total. The summed E-state index contributed by atoms with van der Waals surface area (Å²) in [6.45, 7) is 0. The van der Waals surface area contributed by atoms with Crippen LogP contribution in [0.25, 0.3) is 22.2 Å². The van der Waals surface area contributed by atoms with Gasteiger partial charge in [0.1, 0.15) is 5.75 Å². The Morgan fingerprint density at radius 2 is 1.76 bits per heavy atom. The maximum absolute atomic E-state index is 13.0. The predicted molar refractivity (Wildman–Crippen MR) is 71.6 cm³/mol. The average Bonchev–Trinajstić information content (AvgIpc) is 2.46. The largest absolute Gasteiger partial charge is 0.507 e. The van der Waals surface area contributed by atoms with Crippen molar-refractivity contribution in [2.75, 3.05) is 0 Å². The fourth-order valence-corrected chi connectivity index (χ4v) is 2.14. The molecule has 1 aromatic carbocycles. The van der Waals surface area contributed by atoms with Crippen molar-refractivity contribution < 1.29 is 18.3 Å². The summed E-state index contributed by atoms with van der Waals surface area (Å²) in [7, 11) is 0. The summed E-state index contributed by atoms with van der Waals surface area (Å²) in [6.07, 6.45) is -1.78. The third kappa shape index (κ3) is 2.40. The van der Waals surface area contributed by atoms with E-state index in [2.05, 4.69) is 9.97 Å². The van der Waals surface area contributed by atoms with Crippen molar-refractivity contribution in [3.8, 4) is 17.0 Å². The standard InChI is InChI=1S/C15H9F3N2O/c16-15(17,18)11-2-1-6-20-14(11)9-3-4-10-12(8-9)19-7-5-13(10)21/h1-8H,(H,19,21). The molecule has 0 aliphatic rings. The van der Waals surface area contributed by atoms with E-state index in [1.54, 1.807) is 0 Å². The molecule has 0 saturated carbocycles. The van der Waals surface area contributed by atoms with E-state index in [9.17, 15) is 18.3 Å². The molecular formula is C15H9F3N2O. The highest BCUT2D eigenvalue weighted by atomic mass is 19.4. The van der Waals surface area contributed by atoms with Gasteiger partial charge in [0.25, 0.3) is 0 Å². The molecule has 106 valence electrons. The molecule has 0 saturated heterocycles. The Bertz CT molecular complexity index is 815. The van der Waals surface area contributed by atoms with Crippen molar-refractivity contribution in [2.45, 2.75) is 6.18 Å². The van der Waals surface area contributed by atoms with E-state index >= 15 is 0 Å². The molecule has 0 bridgehead atoms. The third-order valence-electron chi connectivity index (χ3n) is 3.11. The second kappa shape index (κ2) is 4.73. The summed E-state index contributed by atoms with van der Waals surface area (Å²) < 4.78 is 39.0. The molecule has 0 aliphatic carbocycles. The molecule has 0 radical (unpaired) electrons. The number of aromatic nitrogens is 2. The fraction of sp³-hybridized carbons (Fsp3) is 0.0667. The summed E-state index contributed by atoms with van der Waals surface area (Å²) in [5, 5.41) is 10.2. The van der Waals surface area contributed by atoms with Crippen LogP contribution in [-0.4, -0.2) is 15.1 Å². The lowest BCUT2D eigenvalue weighted by Gasteiger charge is -2.12. The highest BCUT2D eigenvalue weighted by Gasteiger charge is 2.34. The van der Waals surface area contributed by atoms with Crippen LogP contribution in [0.2, 0.25) is 0 Å². The maximum atomic E-state index is 13.0. The number of alkyl halides is 3. The summed E-state index contributed by atoms with van der Waals surface area (Å²) in [4.78, 5) is 7.89. The monoisotopic (exact) mass is 290 g/mol. The van der Waals surface area contributed by atoms with Gasteiger partial charge < -0.3 is 5.11 Å². The molecule has 6 heteroatoms. The van der Waals surface area contributed by atoms with Gasteiger partial charge in [0.2, 0.25) is 0 Å². The fourth-order valence-electron chi connectivity index (χ4n) is 2.14. The number of hydrogen-bond donors (Lipinski definition) is 1. The number of halogens is 3. The van der Waals surface area contributed by atoms with E-state index in [4.69, 9.17) is 0 Å². The van der Waals surface area contributed by atoms with Gasteiger partial charge in [0, 0.05) is 23.3 Å². The molecule has 0 atom stereocenters.